The molecule has 1 atom stereocenters. The Morgan fingerprint density at radius 2 is 1.51 bits per heavy atom. The molecule has 0 aliphatic rings. The standard InChI is InChI=1S/C26H22F8N2O3/c27-20-10-19(11-21(12-20)39-26(33,34)22(28)29)24(13-16-4-2-1-3-5-16,18-8-6-17(14-37)7-9-18)36-23(38)35-15-25(30,31)32/h1-12,22,37H,13-15H2,(H2,35,36,38)/t24-/m1/s1. The number of hydrogen-bond acceptors (Lipinski definition) is 3. The summed E-state index contributed by atoms with van der Waals surface area (Å²) in [7, 11) is 0. The smallest absolute Gasteiger partial charge is 0.428 e. The molecule has 0 aliphatic carbocycles. The van der Waals surface area contributed by atoms with E-state index in [2.05, 4.69) is 10.1 Å². The number of amides is 2. The van der Waals surface area contributed by atoms with Crippen molar-refractivity contribution >= 4 is 6.03 Å². The molecule has 3 aromatic carbocycles. The van der Waals surface area contributed by atoms with Crippen LogP contribution in [0.5, 0.6) is 5.75 Å². The Morgan fingerprint density at radius 3 is 2.08 bits per heavy atom. The largest absolute Gasteiger partial charge is 0.461 e. The highest BCUT2D eigenvalue weighted by Gasteiger charge is 2.45. The van der Waals surface area contributed by atoms with Crippen LogP contribution in [0.25, 0.3) is 0 Å². The van der Waals surface area contributed by atoms with Crippen molar-refractivity contribution in [1.82, 2.24) is 10.6 Å². The number of urea groups is 1. The van der Waals surface area contributed by atoms with E-state index in [1.165, 1.54) is 24.3 Å². The number of aliphatic hydroxyl groups excluding tert-OH is 1. The second kappa shape index (κ2) is 11.9. The third-order valence-corrected chi connectivity index (χ3v) is 5.59. The molecular weight excluding hydrogens is 540 g/mol. The monoisotopic (exact) mass is 562 g/mol. The molecule has 5 nitrogen and oxygen atoms in total. The van der Waals surface area contributed by atoms with Gasteiger partial charge in [0.1, 0.15) is 18.1 Å². The summed E-state index contributed by atoms with van der Waals surface area (Å²) in [6.07, 6.45) is -14.3. The van der Waals surface area contributed by atoms with E-state index in [0.717, 1.165) is 12.1 Å². The molecule has 0 saturated carbocycles. The van der Waals surface area contributed by atoms with Crippen molar-refractivity contribution in [3.05, 3.63) is 101 Å². The van der Waals surface area contributed by atoms with Gasteiger partial charge in [-0.05, 0) is 34.4 Å². The molecule has 3 rings (SSSR count). The van der Waals surface area contributed by atoms with Crippen LogP contribution in [-0.4, -0.2) is 36.4 Å². The van der Waals surface area contributed by atoms with Crippen LogP contribution in [0.3, 0.4) is 0 Å². The lowest BCUT2D eigenvalue weighted by Gasteiger charge is -2.37. The van der Waals surface area contributed by atoms with Gasteiger partial charge in [0.25, 0.3) is 0 Å². The fourth-order valence-corrected chi connectivity index (χ4v) is 3.84. The molecule has 39 heavy (non-hydrogen) atoms. The van der Waals surface area contributed by atoms with Crippen molar-refractivity contribution in [3.63, 3.8) is 0 Å². The van der Waals surface area contributed by atoms with E-state index in [4.69, 9.17) is 0 Å². The maximum Gasteiger partial charge on any atom is 0.461 e. The molecule has 0 unspecified atom stereocenters. The first-order valence-electron chi connectivity index (χ1n) is 11.3. The number of carbonyl (C=O) groups excluding carboxylic acids is 1. The van der Waals surface area contributed by atoms with Gasteiger partial charge in [0.2, 0.25) is 0 Å². The van der Waals surface area contributed by atoms with Crippen LogP contribution < -0.4 is 15.4 Å². The first kappa shape index (κ1) is 29.7. The highest BCUT2D eigenvalue weighted by atomic mass is 19.4. The summed E-state index contributed by atoms with van der Waals surface area (Å²) in [5, 5.41) is 13.5. The number of alkyl halides is 7. The Labute approximate surface area is 217 Å². The third-order valence-electron chi connectivity index (χ3n) is 5.59. The minimum absolute atomic E-state index is 0.142. The summed E-state index contributed by atoms with van der Waals surface area (Å²) in [6.45, 7) is -2.10. The van der Waals surface area contributed by atoms with Crippen LogP contribution in [0, 0.1) is 5.82 Å². The number of ether oxygens (including phenoxy) is 1. The van der Waals surface area contributed by atoms with Gasteiger partial charge in [-0.1, -0.05) is 54.6 Å². The van der Waals surface area contributed by atoms with Gasteiger partial charge < -0.3 is 20.5 Å². The zero-order valence-electron chi connectivity index (χ0n) is 19.9. The molecule has 3 aromatic rings. The molecule has 0 aliphatic heterocycles. The van der Waals surface area contributed by atoms with Crippen LogP contribution in [0.2, 0.25) is 0 Å². The molecule has 0 fully saturated rings. The molecule has 210 valence electrons. The summed E-state index contributed by atoms with van der Waals surface area (Å²) < 4.78 is 110. The van der Waals surface area contributed by atoms with Crippen molar-refractivity contribution in [2.75, 3.05) is 6.54 Å². The molecule has 0 radical (unpaired) electrons. The second-order valence-electron chi connectivity index (χ2n) is 8.49. The maximum atomic E-state index is 14.7. The topological polar surface area (TPSA) is 70.6 Å². The molecule has 0 saturated heterocycles. The van der Waals surface area contributed by atoms with E-state index < -0.39 is 48.4 Å². The van der Waals surface area contributed by atoms with E-state index in [0.29, 0.717) is 17.2 Å². The summed E-state index contributed by atoms with van der Waals surface area (Å²) in [5.74, 6) is -2.23. The third kappa shape index (κ3) is 7.82. The number of nitrogens with one attached hydrogen (secondary N) is 2. The molecule has 13 heteroatoms. The highest BCUT2D eigenvalue weighted by Crippen LogP contribution is 2.38. The van der Waals surface area contributed by atoms with Crippen LogP contribution in [0.1, 0.15) is 22.3 Å². The number of hydrogen-bond donors (Lipinski definition) is 3. The van der Waals surface area contributed by atoms with Crippen molar-refractivity contribution in [1.29, 1.82) is 0 Å². The highest BCUT2D eigenvalue weighted by molar-refractivity contribution is 5.76. The quantitative estimate of drug-likeness (QED) is 0.270. The lowest BCUT2D eigenvalue weighted by atomic mass is 9.77. The number of benzene rings is 3. The average molecular weight is 562 g/mol. The fraction of sp³-hybridized carbons (Fsp3) is 0.269. The van der Waals surface area contributed by atoms with Crippen LogP contribution in [0.15, 0.2) is 72.8 Å². The van der Waals surface area contributed by atoms with Crippen molar-refractivity contribution in [2.45, 2.75) is 37.3 Å². The zero-order chi connectivity index (χ0) is 28.8. The Hall–Kier alpha value is -3.87. The SMILES string of the molecule is O=C(NCC(F)(F)F)N[C@](Cc1ccccc1)(c1ccc(CO)cc1)c1cc(F)cc(OC(F)(F)C(F)F)c1. The van der Waals surface area contributed by atoms with Gasteiger partial charge in [-0.25, -0.2) is 9.18 Å². The Morgan fingerprint density at radius 1 is 0.872 bits per heavy atom. The predicted octanol–water partition coefficient (Wildman–Crippen LogP) is 5.90. The van der Waals surface area contributed by atoms with Crippen LogP contribution in [-0.2, 0) is 18.6 Å². The normalized spacial score (nSPS) is 13.6. The molecule has 3 N–H and O–H groups in total. The van der Waals surface area contributed by atoms with Gasteiger partial charge in [-0.3, -0.25) is 0 Å². The van der Waals surface area contributed by atoms with E-state index >= 15 is 0 Å². The summed E-state index contributed by atoms with van der Waals surface area (Å²) in [4.78, 5) is 12.7. The minimum atomic E-state index is -4.99. The van der Waals surface area contributed by atoms with Gasteiger partial charge in [0, 0.05) is 12.5 Å². The number of carbonyl (C=O) groups is 1. The second-order valence-corrected chi connectivity index (χ2v) is 8.49. The minimum Gasteiger partial charge on any atom is -0.428 e. The van der Waals surface area contributed by atoms with Gasteiger partial charge in [0.05, 0.1) is 12.1 Å². The number of rotatable bonds is 10. The van der Waals surface area contributed by atoms with E-state index in [9.17, 15) is 45.0 Å². The Kier molecular flexibility index (Phi) is 9.05. The summed E-state index contributed by atoms with van der Waals surface area (Å²) in [5.41, 5.74) is -1.21. The zero-order valence-corrected chi connectivity index (χ0v) is 19.9. The van der Waals surface area contributed by atoms with Crippen molar-refractivity contribution in [3.8, 4) is 5.75 Å². The number of aliphatic hydroxyl groups is 1. The van der Waals surface area contributed by atoms with Gasteiger partial charge >= 0.3 is 24.7 Å². The fourth-order valence-electron chi connectivity index (χ4n) is 3.84. The lowest BCUT2D eigenvalue weighted by molar-refractivity contribution is -0.253. The van der Waals surface area contributed by atoms with Gasteiger partial charge in [-0.15, -0.1) is 0 Å². The van der Waals surface area contributed by atoms with E-state index in [1.807, 2.05) is 0 Å². The van der Waals surface area contributed by atoms with Crippen molar-refractivity contribution < 1.29 is 49.8 Å². The Balaban J connectivity index is 2.23. The summed E-state index contributed by atoms with van der Waals surface area (Å²) >= 11 is 0. The molecule has 2 amide bonds. The van der Waals surface area contributed by atoms with Crippen LogP contribution in [0.4, 0.5) is 39.9 Å². The van der Waals surface area contributed by atoms with Gasteiger partial charge in [0.15, 0.2) is 0 Å². The molecule has 0 bridgehead atoms. The Bertz CT molecular complexity index is 1250. The molecule has 0 aromatic heterocycles. The molecule has 0 spiro atoms. The van der Waals surface area contributed by atoms with E-state index in [-0.39, 0.29) is 24.2 Å². The maximum absolute atomic E-state index is 14.7. The number of halogens is 8. The summed E-state index contributed by atoms with van der Waals surface area (Å²) in [6, 6.07) is 14.3. The van der Waals surface area contributed by atoms with Gasteiger partial charge in [-0.2, -0.15) is 30.7 Å². The predicted molar refractivity (Wildman–Crippen MR) is 124 cm³/mol. The average Bonchev–Trinajstić information content (AvgIpc) is 2.86. The molecular formula is C26H22F8N2O3. The first-order valence-corrected chi connectivity index (χ1v) is 11.3. The van der Waals surface area contributed by atoms with Crippen molar-refractivity contribution in [2.24, 2.45) is 0 Å². The first-order chi connectivity index (χ1) is 18.2. The van der Waals surface area contributed by atoms with Crippen LogP contribution >= 0.6 is 0 Å². The lowest BCUT2D eigenvalue weighted by Crippen LogP contribution is -2.53. The van der Waals surface area contributed by atoms with E-state index in [1.54, 1.807) is 35.6 Å². The molecule has 0 heterocycles.